The lowest BCUT2D eigenvalue weighted by molar-refractivity contribution is -0.123. The minimum absolute atomic E-state index is 0.0332. The fourth-order valence-corrected chi connectivity index (χ4v) is 4.89. The van der Waals surface area contributed by atoms with Gasteiger partial charge in [-0.05, 0) is 56.2 Å². The Morgan fingerprint density at radius 1 is 1.21 bits per heavy atom. The van der Waals surface area contributed by atoms with Gasteiger partial charge < -0.3 is 20.9 Å². The van der Waals surface area contributed by atoms with Crippen molar-refractivity contribution in [3.05, 3.63) is 40.9 Å². The highest BCUT2D eigenvalue weighted by molar-refractivity contribution is 6.30. The summed E-state index contributed by atoms with van der Waals surface area (Å²) in [5, 5.41) is 9.49. The normalized spacial score (nSPS) is 21.1. The summed E-state index contributed by atoms with van der Waals surface area (Å²) >= 11 is 5.98. The first-order chi connectivity index (χ1) is 16.0. The molecule has 5 rings (SSSR count). The van der Waals surface area contributed by atoms with Gasteiger partial charge in [0.15, 0.2) is 0 Å². The summed E-state index contributed by atoms with van der Waals surface area (Å²) in [7, 11) is 0. The average molecular weight is 473 g/mol. The van der Waals surface area contributed by atoms with Crippen LogP contribution in [0.25, 0.3) is 0 Å². The predicted molar refractivity (Wildman–Crippen MR) is 124 cm³/mol. The Bertz CT molecular complexity index is 1060. The van der Waals surface area contributed by atoms with Gasteiger partial charge in [-0.1, -0.05) is 11.6 Å². The summed E-state index contributed by atoms with van der Waals surface area (Å²) in [5.74, 6) is 1.08. The molecule has 3 heterocycles. The second kappa shape index (κ2) is 9.13. The number of piperidine rings is 1. The third-order valence-electron chi connectivity index (χ3n) is 6.41. The number of carbonyl (C=O) groups is 2. The number of carbonyl (C=O) groups excluding carboxylic acids is 2. The van der Waals surface area contributed by atoms with Gasteiger partial charge in [-0.15, -0.1) is 0 Å². The largest absolute Gasteiger partial charge is 0.373 e. The molecular weight excluding hydrogens is 447 g/mol. The summed E-state index contributed by atoms with van der Waals surface area (Å²) in [6, 6.07) is 3.77. The van der Waals surface area contributed by atoms with Crippen LogP contribution >= 0.6 is 11.6 Å². The highest BCUT2D eigenvalue weighted by atomic mass is 35.5. The van der Waals surface area contributed by atoms with Crippen molar-refractivity contribution in [3.8, 4) is 0 Å². The minimum atomic E-state index is -0.438. The molecule has 0 radical (unpaired) electrons. The van der Waals surface area contributed by atoms with Crippen LogP contribution in [0.15, 0.2) is 24.5 Å². The molecule has 0 bridgehead atoms. The van der Waals surface area contributed by atoms with Crippen molar-refractivity contribution in [2.75, 3.05) is 28.6 Å². The quantitative estimate of drug-likeness (QED) is 0.597. The van der Waals surface area contributed by atoms with Crippen molar-refractivity contribution < 1.29 is 14.0 Å². The number of fused-ring (bicyclic) bond motifs is 1. The summed E-state index contributed by atoms with van der Waals surface area (Å²) < 4.78 is 13.8. The van der Waals surface area contributed by atoms with Gasteiger partial charge in [-0.25, -0.2) is 14.4 Å². The number of rotatable bonds is 6. The van der Waals surface area contributed by atoms with E-state index in [1.54, 1.807) is 6.07 Å². The number of nitrogens with one attached hydrogen (secondary N) is 3. The number of aromatic nitrogens is 2. The third kappa shape index (κ3) is 5.03. The van der Waals surface area contributed by atoms with Crippen molar-refractivity contribution in [3.63, 3.8) is 0 Å². The Morgan fingerprint density at radius 3 is 2.85 bits per heavy atom. The van der Waals surface area contributed by atoms with Crippen LogP contribution in [0.2, 0.25) is 5.02 Å². The van der Waals surface area contributed by atoms with Crippen LogP contribution in [0.3, 0.4) is 0 Å². The van der Waals surface area contributed by atoms with Gasteiger partial charge >= 0.3 is 0 Å². The fraction of sp³-hybridized carbons (Fsp3) is 0.478. The second-order valence-corrected chi connectivity index (χ2v) is 9.42. The molecule has 1 aromatic carbocycles. The molecule has 1 aromatic heterocycles. The maximum absolute atomic E-state index is 13.8. The summed E-state index contributed by atoms with van der Waals surface area (Å²) in [4.78, 5) is 35.8. The zero-order valence-electron chi connectivity index (χ0n) is 18.1. The van der Waals surface area contributed by atoms with E-state index in [4.69, 9.17) is 11.6 Å². The first kappa shape index (κ1) is 21.9. The lowest BCUT2D eigenvalue weighted by Crippen LogP contribution is -2.52. The van der Waals surface area contributed by atoms with Crippen molar-refractivity contribution in [2.45, 2.75) is 50.6 Å². The average Bonchev–Trinajstić information content (AvgIpc) is 3.61. The molecule has 1 aliphatic carbocycles. The van der Waals surface area contributed by atoms with Gasteiger partial charge in [0.1, 0.15) is 29.8 Å². The smallest absolute Gasteiger partial charge is 0.243 e. The van der Waals surface area contributed by atoms with Crippen molar-refractivity contribution >= 4 is 40.7 Å². The van der Waals surface area contributed by atoms with Gasteiger partial charge in [0.05, 0.1) is 0 Å². The van der Waals surface area contributed by atoms with E-state index in [0.717, 1.165) is 43.6 Å². The Labute approximate surface area is 196 Å². The zero-order valence-corrected chi connectivity index (χ0v) is 18.9. The Kier molecular flexibility index (Phi) is 6.05. The van der Waals surface area contributed by atoms with E-state index in [1.165, 1.54) is 18.5 Å². The number of anilines is 3. The molecule has 3 aliphatic rings. The van der Waals surface area contributed by atoms with Crippen LogP contribution in [-0.2, 0) is 16.0 Å². The topological polar surface area (TPSA) is 99.2 Å². The van der Waals surface area contributed by atoms with E-state index >= 15 is 0 Å². The molecule has 2 fully saturated rings. The van der Waals surface area contributed by atoms with Crippen LogP contribution in [0.1, 0.15) is 37.7 Å². The number of benzene rings is 1. The van der Waals surface area contributed by atoms with Crippen LogP contribution in [0.4, 0.5) is 21.7 Å². The number of halogens is 2. The number of amides is 2. The van der Waals surface area contributed by atoms with Crippen LogP contribution < -0.4 is 20.9 Å². The van der Waals surface area contributed by atoms with Crippen molar-refractivity contribution in [1.29, 1.82) is 0 Å². The van der Waals surface area contributed by atoms with Gasteiger partial charge in [0.25, 0.3) is 0 Å². The highest BCUT2D eigenvalue weighted by Crippen LogP contribution is 2.35. The monoisotopic (exact) mass is 472 g/mol. The Morgan fingerprint density at radius 2 is 2.06 bits per heavy atom. The molecule has 10 heteroatoms. The molecule has 2 amide bonds. The van der Waals surface area contributed by atoms with Crippen LogP contribution in [0, 0.1) is 11.7 Å². The number of nitrogens with zero attached hydrogens (tertiary/aromatic N) is 3. The molecule has 0 spiro atoms. The molecule has 33 heavy (non-hydrogen) atoms. The van der Waals surface area contributed by atoms with E-state index in [1.807, 2.05) is 0 Å². The summed E-state index contributed by atoms with van der Waals surface area (Å²) in [6.07, 6.45) is 6.20. The summed E-state index contributed by atoms with van der Waals surface area (Å²) in [5.41, 5.74) is 1.46. The van der Waals surface area contributed by atoms with Crippen LogP contribution in [-0.4, -0.2) is 47.0 Å². The van der Waals surface area contributed by atoms with E-state index in [0.29, 0.717) is 35.9 Å². The van der Waals surface area contributed by atoms with Gasteiger partial charge in [-0.2, -0.15) is 0 Å². The standard InChI is InChI=1S/C23H26ClFN6O2/c24-14-8-15(25)10-17(9-14)28-20(13-3-4-13)23(33)29-16-2-1-7-31(11-16)22-18-5-6-19(32)30-21(18)26-12-27-22/h8-10,12-13,16,20,28H,1-7,11H2,(H,29,33)(H,26,27,30,32). The second-order valence-electron chi connectivity index (χ2n) is 8.98. The molecule has 2 aliphatic heterocycles. The first-order valence-corrected chi connectivity index (χ1v) is 11.8. The molecular formula is C23H26ClFN6O2. The first-order valence-electron chi connectivity index (χ1n) is 11.4. The van der Waals surface area contributed by atoms with Crippen molar-refractivity contribution in [2.24, 2.45) is 5.92 Å². The molecule has 8 nitrogen and oxygen atoms in total. The maximum Gasteiger partial charge on any atom is 0.243 e. The lowest BCUT2D eigenvalue weighted by Gasteiger charge is -2.36. The van der Waals surface area contributed by atoms with E-state index < -0.39 is 11.9 Å². The molecule has 174 valence electrons. The molecule has 1 saturated heterocycles. The van der Waals surface area contributed by atoms with E-state index in [-0.39, 0.29) is 23.8 Å². The van der Waals surface area contributed by atoms with Crippen LogP contribution in [0.5, 0.6) is 0 Å². The number of hydrogen-bond donors (Lipinski definition) is 3. The molecule has 3 N–H and O–H groups in total. The van der Waals surface area contributed by atoms with Crippen molar-refractivity contribution in [1.82, 2.24) is 15.3 Å². The highest BCUT2D eigenvalue weighted by Gasteiger charge is 2.37. The number of hydrogen-bond acceptors (Lipinski definition) is 6. The lowest BCUT2D eigenvalue weighted by atomic mass is 10.0. The third-order valence-corrected chi connectivity index (χ3v) is 6.63. The van der Waals surface area contributed by atoms with Gasteiger partial charge in [0.2, 0.25) is 11.8 Å². The van der Waals surface area contributed by atoms with E-state index in [9.17, 15) is 14.0 Å². The Hall–Kier alpha value is -2.94. The predicted octanol–water partition coefficient (Wildman–Crippen LogP) is 3.13. The summed E-state index contributed by atoms with van der Waals surface area (Å²) in [6.45, 7) is 1.46. The fourth-order valence-electron chi connectivity index (χ4n) is 4.67. The Balaban J connectivity index is 1.27. The molecule has 2 unspecified atom stereocenters. The molecule has 1 saturated carbocycles. The zero-order chi connectivity index (χ0) is 22.9. The molecule has 2 aromatic rings. The SMILES string of the molecule is O=C1CCc2c(ncnc2N2CCCC(NC(=O)C(Nc3cc(F)cc(Cl)c3)C3CC3)C2)N1. The van der Waals surface area contributed by atoms with E-state index in [2.05, 4.69) is 30.8 Å². The van der Waals surface area contributed by atoms with Gasteiger partial charge in [0, 0.05) is 41.8 Å². The minimum Gasteiger partial charge on any atom is -0.373 e. The molecule has 2 atom stereocenters. The van der Waals surface area contributed by atoms with Gasteiger partial charge in [-0.3, -0.25) is 9.59 Å². The maximum atomic E-state index is 13.8.